The second kappa shape index (κ2) is 9.34. The molecule has 2 amide bonds. The summed E-state index contributed by atoms with van der Waals surface area (Å²) in [6.07, 6.45) is 1.48. The van der Waals surface area contributed by atoms with Crippen molar-refractivity contribution in [1.29, 1.82) is 0 Å². The third-order valence-corrected chi connectivity index (χ3v) is 4.94. The fourth-order valence-corrected chi connectivity index (χ4v) is 3.58. The second-order valence-corrected chi connectivity index (χ2v) is 7.76. The largest absolute Gasteiger partial charge is 0.329 e. The summed E-state index contributed by atoms with van der Waals surface area (Å²) in [5.74, 6) is -1.81. The zero-order valence-corrected chi connectivity index (χ0v) is 18.3. The van der Waals surface area contributed by atoms with Crippen LogP contribution in [0.25, 0.3) is 5.69 Å². The maximum atomic E-state index is 12.0. The van der Waals surface area contributed by atoms with Gasteiger partial charge in [-0.3, -0.25) is 9.59 Å². The number of carbonyl (C=O) groups is 2. The molecule has 0 aliphatic rings. The first-order valence-electron chi connectivity index (χ1n) is 8.80. The molecular formula is C21H17Cl3N4O2. The molecule has 0 radical (unpaired) electrons. The molecule has 3 aromatic rings. The smallest absolute Gasteiger partial charge is 0.318 e. The van der Waals surface area contributed by atoms with Crippen molar-refractivity contribution < 1.29 is 9.59 Å². The molecule has 1 aromatic heterocycles. The number of aromatic nitrogens is 1. The Labute approximate surface area is 188 Å². The average molecular weight is 464 g/mol. The Bertz CT molecular complexity index is 1120. The van der Waals surface area contributed by atoms with Crippen LogP contribution in [0.2, 0.25) is 15.1 Å². The highest BCUT2D eigenvalue weighted by Gasteiger charge is 2.14. The topological polar surface area (TPSA) is 75.5 Å². The first-order chi connectivity index (χ1) is 14.2. The van der Waals surface area contributed by atoms with Gasteiger partial charge in [-0.1, -0.05) is 34.8 Å². The zero-order chi connectivity index (χ0) is 21.8. The number of hydrogen-bond donors (Lipinski definition) is 2. The van der Waals surface area contributed by atoms with Gasteiger partial charge in [0.1, 0.15) is 0 Å². The van der Waals surface area contributed by atoms with E-state index in [4.69, 9.17) is 34.8 Å². The van der Waals surface area contributed by atoms with Gasteiger partial charge in [-0.15, -0.1) is 0 Å². The summed E-state index contributed by atoms with van der Waals surface area (Å²) in [6, 6.07) is 13.9. The third-order valence-electron chi connectivity index (χ3n) is 4.25. The molecular weight excluding hydrogens is 447 g/mol. The van der Waals surface area contributed by atoms with E-state index in [0.717, 1.165) is 22.6 Å². The van der Waals surface area contributed by atoms with Crippen LogP contribution in [-0.2, 0) is 9.59 Å². The summed E-state index contributed by atoms with van der Waals surface area (Å²) in [4.78, 5) is 24.0. The number of nitrogens with zero attached hydrogens (tertiary/aromatic N) is 2. The Hall–Kier alpha value is -2.80. The average Bonchev–Trinajstić information content (AvgIpc) is 2.95. The number of hydrazone groups is 1. The van der Waals surface area contributed by atoms with E-state index in [0.29, 0.717) is 20.8 Å². The van der Waals surface area contributed by atoms with Gasteiger partial charge in [0.05, 0.1) is 6.21 Å². The van der Waals surface area contributed by atoms with E-state index < -0.39 is 11.8 Å². The molecule has 2 aromatic carbocycles. The number of nitrogens with one attached hydrogen (secondary N) is 2. The maximum absolute atomic E-state index is 12.0. The van der Waals surface area contributed by atoms with Crippen LogP contribution < -0.4 is 10.7 Å². The fraction of sp³-hybridized carbons (Fsp3) is 0.0952. The van der Waals surface area contributed by atoms with Gasteiger partial charge in [-0.05, 0) is 62.4 Å². The Morgan fingerprint density at radius 3 is 2.17 bits per heavy atom. The van der Waals surface area contributed by atoms with Crippen LogP contribution >= 0.6 is 34.8 Å². The lowest BCUT2D eigenvalue weighted by molar-refractivity contribution is -0.136. The van der Waals surface area contributed by atoms with Gasteiger partial charge in [0.2, 0.25) is 0 Å². The number of anilines is 1. The summed E-state index contributed by atoms with van der Waals surface area (Å²) < 4.78 is 2.04. The lowest BCUT2D eigenvalue weighted by atomic mass is 10.2. The minimum atomic E-state index is -0.922. The number of benzene rings is 2. The highest BCUT2D eigenvalue weighted by molar-refractivity contribution is 6.40. The van der Waals surface area contributed by atoms with Crippen molar-refractivity contribution in [3.05, 3.63) is 80.6 Å². The van der Waals surface area contributed by atoms with E-state index in [9.17, 15) is 9.59 Å². The van der Waals surface area contributed by atoms with E-state index in [2.05, 4.69) is 15.8 Å². The van der Waals surface area contributed by atoms with Crippen LogP contribution in [0.1, 0.15) is 17.0 Å². The van der Waals surface area contributed by atoms with Crippen LogP contribution in [0.3, 0.4) is 0 Å². The molecule has 0 spiro atoms. The monoisotopic (exact) mass is 462 g/mol. The summed E-state index contributed by atoms with van der Waals surface area (Å²) in [5, 5.41) is 7.64. The number of carbonyl (C=O) groups excluding carboxylic acids is 2. The lowest BCUT2D eigenvalue weighted by Gasteiger charge is -2.09. The van der Waals surface area contributed by atoms with E-state index in [1.165, 1.54) is 24.4 Å². The summed E-state index contributed by atoms with van der Waals surface area (Å²) in [5.41, 5.74) is 6.18. The molecule has 9 heteroatoms. The molecule has 0 fully saturated rings. The number of hydrogen-bond acceptors (Lipinski definition) is 3. The standard InChI is InChI=1S/C21H17Cl3N4O2/c1-12-7-14(13(2)28(12)19-5-3-15(22)4-6-19)11-25-27-21(30)20(29)26-18-9-16(23)8-17(24)10-18/h3-11H,1-2H3,(H,26,29)(H,27,30)/b25-11-. The molecule has 0 atom stereocenters. The molecule has 2 N–H and O–H groups in total. The van der Waals surface area contributed by atoms with Crippen LogP contribution in [0.4, 0.5) is 5.69 Å². The molecule has 0 saturated heterocycles. The molecule has 1 heterocycles. The summed E-state index contributed by atoms with van der Waals surface area (Å²) in [7, 11) is 0. The van der Waals surface area contributed by atoms with Gasteiger partial charge in [-0.25, -0.2) is 5.43 Å². The molecule has 0 aliphatic carbocycles. The SMILES string of the molecule is Cc1cc(/C=N\NC(=O)C(=O)Nc2cc(Cl)cc(Cl)c2)c(C)n1-c1ccc(Cl)cc1. The van der Waals surface area contributed by atoms with Crippen LogP contribution in [0.15, 0.2) is 53.6 Å². The third kappa shape index (κ3) is 5.21. The zero-order valence-electron chi connectivity index (χ0n) is 16.0. The molecule has 6 nitrogen and oxygen atoms in total. The predicted molar refractivity (Wildman–Crippen MR) is 121 cm³/mol. The van der Waals surface area contributed by atoms with Gasteiger partial charge < -0.3 is 9.88 Å². The van der Waals surface area contributed by atoms with Crippen molar-refractivity contribution in [2.75, 3.05) is 5.32 Å². The van der Waals surface area contributed by atoms with Crippen LogP contribution in [0.5, 0.6) is 0 Å². The van der Waals surface area contributed by atoms with E-state index >= 15 is 0 Å². The van der Waals surface area contributed by atoms with Gasteiger partial charge >= 0.3 is 11.8 Å². The minimum Gasteiger partial charge on any atom is -0.318 e. The van der Waals surface area contributed by atoms with Crippen molar-refractivity contribution in [2.45, 2.75) is 13.8 Å². The van der Waals surface area contributed by atoms with E-state index in [-0.39, 0.29) is 0 Å². The van der Waals surface area contributed by atoms with E-state index in [1.807, 2.05) is 48.7 Å². The molecule has 0 aliphatic heterocycles. The summed E-state index contributed by atoms with van der Waals surface area (Å²) in [6.45, 7) is 3.89. The van der Waals surface area contributed by atoms with Crippen molar-refractivity contribution in [1.82, 2.24) is 9.99 Å². The van der Waals surface area contributed by atoms with Gasteiger partial charge in [0, 0.05) is 43.4 Å². The first-order valence-corrected chi connectivity index (χ1v) is 9.93. The molecule has 0 bridgehead atoms. The van der Waals surface area contributed by atoms with E-state index in [1.54, 1.807) is 0 Å². The predicted octanol–water partition coefficient (Wildman–Crippen LogP) is 5.14. The van der Waals surface area contributed by atoms with Crippen molar-refractivity contribution in [2.24, 2.45) is 5.10 Å². The Balaban J connectivity index is 1.67. The fourth-order valence-electron chi connectivity index (χ4n) is 2.93. The first kappa shape index (κ1) is 21.9. The van der Waals surface area contributed by atoms with Crippen molar-refractivity contribution >= 4 is 58.5 Å². The normalized spacial score (nSPS) is 11.0. The number of amides is 2. The molecule has 30 heavy (non-hydrogen) atoms. The quantitative estimate of drug-likeness (QED) is 0.319. The number of halogens is 3. The Morgan fingerprint density at radius 2 is 1.53 bits per heavy atom. The Kier molecular flexibility index (Phi) is 6.82. The second-order valence-electron chi connectivity index (χ2n) is 6.45. The van der Waals surface area contributed by atoms with Crippen molar-refractivity contribution in [3.8, 4) is 5.69 Å². The highest BCUT2D eigenvalue weighted by Crippen LogP contribution is 2.23. The molecule has 0 saturated carbocycles. The van der Waals surface area contributed by atoms with Crippen LogP contribution in [-0.4, -0.2) is 22.6 Å². The Morgan fingerprint density at radius 1 is 0.900 bits per heavy atom. The van der Waals surface area contributed by atoms with Gasteiger partial charge in [0.25, 0.3) is 0 Å². The van der Waals surface area contributed by atoms with Gasteiger partial charge in [-0.2, -0.15) is 5.10 Å². The lowest BCUT2D eigenvalue weighted by Crippen LogP contribution is -2.32. The maximum Gasteiger partial charge on any atom is 0.329 e. The summed E-state index contributed by atoms with van der Waals surface area (Å²) >= 11 is 17.7. The van der Waals surface area contributed by atoms with Gasteiger partial charge in [0.15, 0.2) is 0 Å². The molecule has 154 valence electrons. The minimum absolute atomic E-state index is 0.308. The molecule has 0 unspecified atom stereocenters. The number of rotatable bonds is 4. The van der Waals surface area contributed by atoms with Crippen molar-refractivity contribution in [3.63, 3.8) is 0 Å². The van der Waals surface area contributed by atoms with Crippen LogP contribution in [0, 0.1) is 13.8 Å². The molecule has 3 rings (SSSR count). The highest BCUT2D eigenvalue weighted by atomic mass is 35.5. The number of aryl methyl sites for hydroxylation is 1.